The molecule has 2 heterocycles. The Morgan fingerprint density at radius 2 is 2.00 bits per heavy atom. The third kappa shape index (κ3) is 1.01. The predicted molar refractivity (Wildman–Crippen MR) is 54.0 cm³/mol. The summed E-state index contributed by atoms with van der Waals surface area (Å²) in [7, 11) is 0. The van der Waals surface area contributed by atoms with Crippen LogP contribution in [0.5, 0.6) is 5.75 Å². The highest BCUT2D eigenvalue weighted by molar-refractivity contribution is 5.73. The van der Waals surface area contributed by atoms with Gasteiger partial charge in [-0.05, 0) is 17.2 Å². The van der Waals surface area contributed by atoms with Gasteiger partial charge in [0.15, 0.2) is 0 Å². The fourth-order valence-electron chi connectivity index (χ4n) is 1.77. The summed E-state index contributed by atoms with van der Waals surface area (Å²) in [4.78, 5) is 4.12. The van der Waals surface area contributed by atoms with Gasteiger partial charge < -0.3 is 4.74 Å². The van der Waals surface area contributed by atoms with E-state index in [1.807, 2.05) is 24.4 Å². The highest BCUT2D eigenvalue weighted by atomic mass is 16.5. The van der Waals surface area contributed by atoms with Crippen molar-refractivity contribution < 1.29 is 4.74 Å². The van der Waals surface area contributed by atoms with Gasteiger partial charge in [-0.2, -0.15) is 0 Å². The fraction of sp³-hybridized carbons (Fsp3) is 0.0833. The van der Waals surface area contributed by atoms with Crippen LogP contribution >= 0.6 is 0 Å². The number of hydrogen-bond acceptors (Lipinski definition) is 2. The molecule has 0 bridgehead atoms. The molecule has 0 amide bonds. The van der Waals surface area contributed by atoms with E-state index in [9.17, 15) is 0 Å². The number of hydrogen-bond donors (Lipinski definition) is 0. The SMILES string of the molecule is c1ccc2c(c1)COc1ccncc1-2. The van der Waals surface area contributed by atoms with Crippen LogP contribution in [0.3, 0.4) is 0 Å². The summed E-state index contributed by atoms with van der Waals surface area (Å²) in [5.74, 6) is 0.929. The Morgan fingerprint density at radius 1 is 1.07 bits per heavy atom. The van der Waals surface area contributed by atoms with Crippen LogP contribution in [0.25, 0.3) is 11.1 Å². The van der Waals surface area contributed by atoms with Gasteiger partial charge in [-0.25, -0.2) is 0 Å². The van der Waals surface area contributed by atoms with Crippen LogP contribution in [0.4, 0.5) is 0 Å². The molecule has 14 heavy (non-hydrogen) atoms. The average Bonchev–Trinajstić information content (AvgIpc) is 2.29. The Hall–Kier alpha value is -1.83. The number of pyridine rings is 1. The molecule has 1 aliphatic rings. The van der Waals surface area contributed by atoms with E-state index < -0.39 is 0 Å². The Kier molecular flexibility index (Phi) is 1.53. The zero-order valence-corrected chi connectivity index (χ0v) is 7.60. The second kappa shape index (κ2) is 2.84. The van der Waals surface area contributed by atoms with E-state index in [1.54, 1.807) is 6.20 Å². The molecule has 1 aromatic carbocycles. The molecule has 0 spiro atoms. The molecule has 1 aliphatic heterocycles. The van der Waals surface area contributed by atoms with Crippen molar-refractivity contribution in [2.45, 2.75) is 6.61 Å². The Balaban J connectivity index is 2.29. The third-order valence-corrected chi connectivity index (χ3v) is 2.47. The Morgan fingerprint density at radius 3 is 3.00 bits per heavy atom. The lowest BCUT2D eigenvalue weighted by molar-refractivity contribution is 0.302. The van der Waals surface area contributed by atoms with E-state index in [0.717, 1.165) is 11.3 Å². The molecule has 0 saturated heterocycles. The van der Waals surface area contributed by atoms with Gasteiger partial charge in [0, 0.05) is 18.0 Å². The zero-order valence-electron chi connectivity index (χ0n) is 7.60. The molecular formula is C12H9NO. The maximum Gasteiger partial charge on any atom is 0.130 e. The summed E-state index contributed by atoms with van der Waals surface area (Å²) in [6.07, 6.45) is 3.61. The first-order valence-corrected chi connectivity index (χ1v) is 4.60. The van der Waals surface area contributed by atoms with Crippen molar-refractivity contribution in [1.29, 1.82) is 0 Å². The maximum atomic E-state index is 5.61. The molecule has 0 radical (unpaired) electrons. The highest BCUT2D eigenvalue weighted by Crippen LogP contribution is 2.35. The van der Waals surface area contributed by atoms with Crippen LogP contribution in [-0.2, 0) is 6.61 Å². The first kappa shape index (κ1) is 7.56. The van der Waals surface area contributed by atoms with Gasteiger partial charge in [0.25, 0.3) is 0 Å². The second-order valence-corrected chi connectivity index (χ2v) is 3.32. The first-order chi connectivity index (χ1) is 6.95. The minimum atomic E-state index is 0.660. The molecule has 1 aromatic heterocycles. The molecule has 0 aliphatic carbocycles. The van der Waals surface area contributed by atoms with Crippen LogP contribution in [-0.4, -0.2) is 4.98 Å². The molecule has 0 unspecified atom stereocenters. The molecular weight excluding hydrogens is 174 g/mol. The number of rotatable bonds is 0. The average molecular weight is 183 g/mol. The van der Waals surface area contributed by atoms with Gasteiger partial charge in [0.1, 0.15) is 12.4 Å². The van der Waals surface area contributed by atoms with Crippen molar-refractivity contribution in [3.63, 3.8) is 0 Å². The summed E-state index contributed by atoms with van der Waals surface area (Å²) < 4.78 is 5.61. The van der Waals surface area contributed by atoms with Crippen molar-refractivity contribution in [2.75, 3.05) is 0 Å². The lowest BCUT2D eigenvalue weighted by Gasteiger charge is -2.19. The summed E-state index contributed by atoms with van der Waals surface area (Å²) in [5.41, 5.74) is 3.56. The topological polar surface area (TPSA) is 22.1 Å². The maximum absolute atomic E-state index is 5.61. The smallest absolute Gasteiger partial charge is 0.130 e. The largest absolute Gasteiger partial charge is 0.488 e. The number of benzene rings is 1. The van der Waals surface area contributed by atoms with E-state index in [0.29, 0.717) is 6.61 Å². The number of ether oxygens (including phenoxy) is 1. The van der Waals surface area contributed by atoms with Crippen molar-refractivity contribution in [3.8, 4) is 16.9 Å². The van der Waals surface area contributed by atoms with Crippen LogP contribution < -0.4 is 4.74 Å². The summed E-state index contributed by atoms with van der Waals surface area (Å²) in [6, 6.07) is 10.2. The van der Waals surface area contributed by atoms with E-state index in [1.165, 1.54) is 11.1 Å². The van der Waals surface area contributed by atoms with Crippen LogP contribution in [0.2, 0.25) is 0 Å². The normalized spacial score (nSPS) is 12.6. The van der Waals surface area contributed by atoms with Crippen molar-refractivity contribution in [3.05, 3.63) is 48.3 Å². The van der Waals surface area contributed by atoms with Gasteiger partial charge in [0.2, 0.25) is 0 Å². The van der Waals surface area contributed by atoms with Crippen LogP contribution in [0, 0.1) is 0 Å². The first-order valence-electron chi connectivity index (χ1n) is 4.60. The second-order valence-electron chi connectivity index (χ2n) is 3.32. The molecule has 0 saturated carbocycles. The zero-order chi connectivity index (χ0) is 9.38. The Bertz CT molecular complexity index is 434. The van der Waals surface area contributed by atoms with Crippen LogP contribution in [0.1, 0.15) is 5.56 Å². The monoisotopic (exact) mass is 183 g/mol. The number of nitrogens with zero attached hydrogens (tertiary/aromatic N) is 1. The number of aromatic nitrogens is 1. The predicted octanol–water partition coefficient (Wildman–Crippen LogP) is 2.64. The lowest BCUT2D eigenvalue weighted by Crippen LogP contribution is -2.04. The molecule has 0 fully saturated rings. The molecule has 68 valence electrons. The standard InChI is InChI=1S/C12H9NO/c1-2-4-10-9(3-1)8-14-12-5-6-13-7-11(10)12/h1-7H,8H2. The van der Waals surface area contributed by atoms with Gasteiger partial charge >= 0.3 is 0 Å². The quantitative estimate of drug-likeness (QED) is 0.626. The van der Waals surface area contributed by atoms with E-state index in [-0.39, 0.29) is 0 Å². The van der Waals surface area contributed by atoms with E-state index in [2.05, 4.69) is 17.1 Å². The van der Waals surface area contributed by atoms with Crippen molar-refractivity contribution >= 4 is 0 Å². The van der Waals surface area contributed by atoms with Gasteiger partial charge in [0.05, 0.1) is 0 Å². The molecule has 2 nitrogen and oxygen atoms in total. The highest BCUT2D eigenvalue weighted by Gasteiger charge is 2.15. The van der Waals surface area contributed by atoms with Crippen molar-refractivity contribution in [1.82, 2.24) is 4.98 Å². The molecule has 2 heteroatoms. The molecule has 0 N–H and O–H groups in total. The summed E-state index contributed by atoms with van der Waals surface area (Å²) in [6.45, 7) is 0.660. The van der Waals surface area contributed by atoms with Gasteiger partial charge in [-0.3, -0.25) is 4.98 Å². The minimum absolute atomic E-state index is 0.660. The van der Waals surface area contributed by atoms with Crippen LogP contribution in [0.15, 0.2) is 42.7 Å². The van der Waals surface area contributed by atoms with Gasteiger partial charge in [-0.1, -0.05) is 24.3 Å². The molecule has 2 aromatic rings. The minimum Gasteiger partial charge on any atom is -0.488 e. The molecule has 3 rings (SSSR count). The van der Waals surface area contributed by atoms with E-state index >= 15 is 0 Å². The third-order valence-electron chi connectivity index (χ3n) is 2.47. The number of fused-ring (bicyclic) bond motifs is 3. The lowest BCUT2D eigenvalue weighted by atomic mass is 9.99. The fourth-order valence-corrected chi connectivity index (χ4v) is 1.77. The Labute approximate surface area is 82.2 Å². The van der Waals surface area contributed by atoms with Crippen molar-refractivity contribution in [2.24, 2.45) is 0 Å². The summed E-state index contributed by atoms with van der Waals surface area (Å²) in [5, 5.41) is 0. The van der Waals surface area contributed by atoms with E-state index in [4.69, 9.17) is 4.74 Å². The molecule has 0 atom stereocenters. The summed E-state index contributed by atoms with van der Waals surface area (Å²) >= 11 is 0. The van der Waals surface area contributed by atoms with Gasteiger partial charge in [-0.15, -0.1) is 0 Å².